The molecule has 5 fully saturated rings. The van der Waals surface area contributed by atoms with Crippen LogP contribution in [-0.4, -0.2) is 82.3 Å². The number of hydrogen-bond acceptors (Lipinski definition) is 9. The van der Waals surface area contributed by atoms with Crippen molar-refractivity contribution >= 4 is 41.0 Å². The minimum atomic E-state index is -0.549. The highest BCUT2D eigenvalue weighted by Gasteiger charge is 2.34. The van der Waals surface area contributed by atoms with Gasteiger partial charge in [-0.3, -0.25) is 24.5 Å². The van der Waals surface area contributed by atoms with Crippen LogP contribution in [0.2, 0.25) is 0 Å². The molecular formula is C44H54F2N8O4. The summed E-state index contributed by atoms with van der Waals surface area (Å²) in [4.78, 5) is 62.5. The largest absolute Gasteiger partial charge is 0.374 e. The minimum Gasteiger partial charge on any atom is -0.374 e. The first-order valence-corrected chi connectivity index (χ1v) is 21.3. The summed E-state index contributed by atoms with van der Waals surface area (Å²) in [6.45, 7) is 2.46. The Balaban J connectivity index is 0.754. The summed E-state index contributed by atoms with van der Waals surface area (Å²) < 4.78 is 30.3. The lowest BCUT2D eigenvalue weighted by molar-refractivity contribution is -0.133. The molecule has 12 nitrogen and oxygen atoms in total. The molecule has 3 aliphatic heterocycles. The number of carbonyl (C=O) groups excluding carboxylic acids is 4. The molecule has 2 saturated carbocycles. The van der Waals surface area contributed by atoms with Gasteiger partial charge in [0.1, 0.15) is 17.6 Å². The van der Waals surface area contributed by atoms with Crippen molar-refractivity contribution in [2.24, 2.45) is 5.92 Å². The SMILES string of the molecule is O=C1CC[C@H](Nc2ccc(C3CCN([C@H]4CC[C@H](C(=O)NC5CCC(Nc6ncc(F)c(-c7cccc(N8CCCCC8=O)c7)n6)CC5)CC4)CC3)c(F)c2)C(=O)N1. The van der Waals surface area contributed by atoms with E-state index in [-0.39, 0.29) is 65.5 Å². The van der Waals surface area contributed by atoms with Crippen molar-refractivity contribution in [2.45, 2.75) is 126 Å². The van der Waals surface area contributed by atoms with Crippen molar-refractivity contribution in [1.82, 2.24) is 25.5 Å². The van der Waals surface area contributed by atoms with Gasteiger partial charge in [0.25, 0.3) is 0 Å². The summed E-state index contributed by atoms with van der Waals surface area (Å²) in [5.74, 6) is -0.686. The van der Waals surface area contributed by atoms with Crippen molar-refractivity contribution in [3.05, 3.63) is 65.9 Å². The highest BCUT2D eigenvalue weighted by molar-refractivity contribution is 6.01. The number of rotatable bonds is 10. The molecule has 4 amide bonds. The first-order valence-electron chi connectivity index (χ1n) is 21.3. The molecule has 5 aliphatic rings. The maximum Gasteiger partial charge on any atom is 0.249 e. The van der Waals surface area contributed by atoms with Gasteiger partial charge in [-0.15, -0.1) is 0 Å². The summed E-state index contributed by atoms with van der Waals surface area (Å²) in [6, 6.07) is 12.6. The first kappa shape index (κ1) is 39.8. The maximum atomic E-state index is 15.3. The van der Waals surface area contributed by atoms with Gasteiger partial charge in [0, 0.05) is 60.4 Å². The van der Waals surface area contributed by atoms with Gasteiger partial charge in [0.2, 0.25) is 29.6 Å². The molecule has 308 valence electrons. The van der Waals surface area contributed by atoms with Crippen molar-refractivity contribution < 1.29 is 28.0 Å². The monoisotopic (exact) mass is 796 g/mol. The van der Waals surface area contributed by atoms with E-state index < -0.39 is 11.9 Å². The lowest BCUT2D eigenvalue weighted by atomic mass is 9.82. The Kier molecular flexibility index (Phi) is 12.3. The predicted octanol–water partition coefficient (Wildman–Crippen LogP) is 6.43. The van der Waals surface area contributed by atoms with Crippen LogP contribution in [0.25, 0.3) is 11.3 Å². The van der Waals surface area contributed by atoms with Gasteiger partial charge in [-0.25, -0.2) is 18.7 Å². The molecule has 2 aromatic carbocycles. The summed E-state index contributed by atoms with van der Waals surface area (Å²) in [5.41, 5.74) is 2.80. The average molecular weight is 797 g/mol. The molecule has 1 aromatic heterocycles. The molecule has 0 spiro atoms. The molecule has 4 heterocycles. The van der Waals surface area contributed by atoms with E-state index in [0.29, 0.717) is 48.2 Å². The van der Waals surface area contributed by atoms with Crippen LogP contribution >= 0.6 is 0 Å². The number of nitrogens with zero attached hydrogens (tertiary/aromatic N) is 4. The Morgan fingerprint density at radius 1 is 0.776 bits per heavy atom. The summed E-state index contributed by atoms with van der Waals surface area (Å²) in [5, 5.41) is 12.1. The Hall–Kier alpha value is -4.98. The van der Waals surface area contributed by atoms with Gasteiger partial charge in [-0.05, 0) is 132 Å². The normalized spacial score (nSPS) is 26.2. The van der Waals surface area contributed by atoms with E-state index >= 15 is 4.39 Å². The fourth-order valence-electron chi connectivity index (χ4n) is 9.68. The molecule has 8 rings (SSSR count). The lowest BCUT2D eigenvalue weighted by Gasteiger charge is -2.41. The molecule has 0 bridgehead atoms. The number of benzene rings is 2. The number of anilines is 3. The second kappa shape index (κ2) is 17.9. The van der Waals surface area contributed by atoms with Gasteiger partial charge < -0.3 is 25.8 Å². The third-order valence-electron chi connectivity index (χ3n) is 13.0. The quantitative estimate of drug-likeness (QED) is 0.170. The molecule has 3 aromatic rings. The van der Waals surface area contributed by atoms with Gasteiger partial charge in [-0.1, -0.05) is 18.2 Å². The maximum absolute atomic E-state index is 15.3. The molecule has 1 atom stereocenters. The van der Waals surface area contributed by atoms with Crippen LogP contribution in [0.5, 0.6) is 0 Å². The first-order chi connectivity index (χ1) is 28.2. The summed E-state index contributed by atoms with van der Waals surface area (Å²) in [7, 11) is 0. The van der Waals surface area contributed by atoms with Crippen LogP contribution < -0.4 is 26.2 Å². The second-order valence-electron chi connectivity index (χ2n) is 16.8. The Morgan fingerprint density at radius 2 is 1.55 bits per heavy atom. The number of hydrogen-bond donors (Lipinski definition) is 4. The highest BCUT2D eigenvalue weighted by atomic mass is 19.1. The smallest absolute Gasteiger partial charge is 0.249 e. The van der Waals surface area contributed by atoms with Gasteiger partial charge in [0.15, 0.2) is 5.82 Å². The van der Waals surface area contributed by atoms with Crippen molar-refractivity contribution in [3.63, 3.8) is 0 Å². The Labute approximate surface area is 338 Å². The molecule has 0 radical (unpaired) electrons. The molecule has 4 N–H and O–H groups in total. The number of halogens is 2. The number of imide groups is 1. The van der Waals surface area contributed by atoms with E-state index in [0.717, 1.165) is 95.8 Å². The minimum absolute atomic E-state index is 0.0172. The third kappa shape index (κ3) is 9.32. The molecule has 14 heteroatoms. The fourth-order valence-corrected chi connectivity index (χ4v) is 9.68. The molecular weight excluding hydrogens is 743 g/mol. The van der Waals surface area contributed by atoms with E-state index in [2.05, 4.69) is 36.1 Å². The van der Waals surface area contributed by atoms with Crippen LogP contribution in [0.3, 0.4) is 0 Å². The van der Waals surface area contributed by atoms with E-state index in [1.807, 2.05) is 30.3 Å². The Morgan fingerprint density at radius 3 is 2.29 bits per heavy atom. The third-order valence-corrected chi connectivity index (χ3v) is 13.0. The number of amides is 4. The van der Waals surface area contributed by atoms with E-state index in [1.54, 1.807) is 11.0 Å². The van der Waals surface area contributed by atoms with Crippen molar-refractivity contribution in [2.75, 3.05) is 35.2 Å². The van der Waals surface area contributed by atoms with E-state index in [4.69, 9.17) is 0 Å². The van der Waals surface area contributed by atoms with Gasteiger partial charge in [0.05, 0.1) is 6.20 Å². The zero-order valence-electron chi connectivity index (χ0n) is 33.0. The van der Waals surface area contributed by atoms with Crippen molar-refractivity contribution in [3.8, 4) is 11.3 Å². The Bertz CT molecular complexity index is 1990. The molecule has 2 aliphatic carbocycles. The van der Waals surface area contributed by atoms with Crippen LogP contribution in [-0.2, 0) is 19.2 Å². The number of carbonyl (C=O) groups is 4. The lowest BCUT2D eigenvalue weighted by Crippen LogP contribution is -2.47. The standard InChI is InChI=1S/C44H54F2N8O4/c45-36-25-32(48-38-17-18-39(55)51-43(38)58)13-16-35(36)27-19-22-53(23-20-27)33-14-7-28(8-15-33)42(57)49-30-9-11-31(12-10-30)50-44-47-26-37(46)41(52-44)29-4-3-5-34(24-29)54-21-2-1-6-40(54)56/h3-5,13,16,24-28,30-31,33,38,48H,1-2,6-12,14-15,17-23H2,(H,49,57)(H,47,50,52)(H,51,55,58)/t28-,30?,31?,33-,38-/m0/s1. The van der Waals surface area contributed by atoms with Gasteiger partial charge >= 0.3 is 0 Å². The second-order valence-corrected chi connectivity index (χ2v) is 16.8. The van der Waals surface area contributed by atoms with Crippen LogP contribution in [0.15, 0.2) is 48.7 Å². The number of likely N-dealkylation sites (tertiary alicyclic amines) is 1. The van der Waals surface area contributed by atoms with Crippen LogP contribution in [0, 0.1) is 17.6 Å². The van der Waals surface area contributed by atoms with E-state index in [1.165, 1.54) is 12.3 Å². The van der Waals surface area contributed by atoms with E-state index in [9.17, 15) is 23.6 Å². The average Bonchev–Trinajstić information content (AvgIpc) is 3.24. The fraction of sp³-hybridized carbons (Fsp3) is 0.545. The number of aromatic nitrogens is 2. The topological polar surface area (TPSA) is 149 Å². The van der Waals surface area contributed by atoms with Crippen LogP contribution in [0.1, 0.15) is 108 Å². The highest BCUT2D eigenvalue weighted by Crippen LogP contribution is 2.36. The zero-order chi connectivity index (χ0) is 40.2. The molecule has 0 unspecified atom stereocenters. The molecule has 3 saturated heterocycles. The zero-order valence-corrected chi connectivity index (χ0v) is 33.0. The van der Waals surface area contributed by atoms with Gasteiger partial charge in [-0.2, -0.15) is 0 Å². The molecule has 58 heavy (non-hydrogen) atoms. The number of nitrogens with one attached hydrogen (secondary N) is 4. The summed E-state index contributed by atoms with van der Waals surface area (Å²) in [6.07, 6.45) is 13.0. The number of piperidine rings is 3. The summed E-state index contributed by atoms with van der Waals surface area (Å²) >= 11 is 0. The predicted molar refractivity (Wildman–Crippen MR) is 217 cm³/mol. The van der Waals surface area contributed by atoms with Crippen LogP contribution in [0.4, 0.5) is 26.1 Å². The van der Waals surface area contributed by atoms with Crippen molar-refractivity contribution in [1.29, 1.82) is 0 Å².